The minimum atomic E-state index is -3.45. The van der Waals surface area contributed by atoms with E-state index in [9.17, 15) is 12.8 Å². The highest BCUT2D eigenvalue weighted by molar-refractivity contribution is 7.91. The zero-order chi connectivity index (χ0) is 20.6. The van der Waals surface area contributed by atoms with Crippen molar-refractivity contribution in [2.45, 2.75) is 10.8 Å². The van der Waals surface area contributed by atoms with Gasteiger partial charge in [0.15, 0.2) is 5.65 Å². The van der Waals surface area contributed by atoms with Crippen molar-refractivity contribution in [1.82, 2.24) is 24.1 Å². The van der Waals surface area contributed by atoms with Crippen LogP contribution in [-0.2, 0) is 16.6 Å². The quantitative estimate of drug-likeness (QED) is 0.504. The highest BCUT2D eigenvalue weighted by atomic mass is 32.2. The molecule has 0 atom stereocenters. The van der Waals surface area contributed by atoms with E-state index in [4.69, 9.17) is 0 Å². The Morgan fingerprint density at radius 1 is 1.14 bits per heavy atom. The molecule has 3 aromatic heterocycles. The minimum Gasteiger partial charge on any atom is -0.364 e. The van der Waals surface area contributed by atoms with Gasteiger partial charge in [-0.15, -0.1) is 11.3 Å². The Balaban J connectivity index is 1.58. The van der Waals surface area contributed by atoms with Crippen LogP contribution in [0.4, 0.5) is 10.2 Å². The molecule has 1 aromatic carbocycles. The lowest BCUT2D eigenvalue weighted by atomic mass is 10.3. The molecule has 0 amide bonds. The molecule has 0 spiro atoms. The summed E-state index contributed by atoms with van der Waals surface area (Å²) < 4.78 is 40.7. The molecular formula is C18H17FN6O2S2. The molecule has 0 saturated carbocycles. The molecule has 8 nitrogen and oxygen atoms in total. The van der Waals surface area contributed by atoms with Gasteiger partial charge in [-0.3, -0.25) is 0 Å². The van der Waals surface area contributed by atoms with Crippen LogP contribution in [0.2, 0.25) is 0 Å². The van der Waals surface area contributed by atoms with Gasteiger partial charge in [0.05, 0.1) is 23.8 Å². The average molecular weight is 433 g/mol. The molecule has 0 saturated heterocycles. The first kappa shape index (κ1) is 19.4. The fourth-order valence-corrected chi connectivity index (χ4v) is 5.16. The number of hydrogen-bond donors (Lipinski definition) is 1. The number of nitrogens with zero attached hydrogens (tertiary/aromatic N) is 5. The minimum absolute atomic E-state index is 0.288. The van der Waals surface area contributed by atoms with E-state index >= 15 is 0 Å². The number of aromatic nitrogens is 4. The lowest BCUT2D eigenvalue weighted by Gasteiger charge is -2.08. The average Bonchev–Trinajstić information content (AvgIpc) is 3.34. The van der Waals surface area contributed by atoms with Gasteiger partial charge in [-0.2, -0.15) is 5.10 Å². The van der Waals surface area contributed by atoms with Crippen molar-refractivity contribution in [1.29, 1.82) is 0 Å². The van der Waals surface area contributed by atoms with E-state index in [0.29, 0.717) is 29.1 Å². The Bertz CT molecular complexity index is 1270. The van der Waals surface area contributed by atoms with Gasteiger partial charge in [-0.25, -0.2) is 31.8 Å². The van der Waals surface area contributed by atoms with Crippen molar-refractivity contribution >= 4 is 38.2 Å². The van der Waals surface area contributed by atoms with Crippen LogP contribution >= 0.6 is 11.3 Å². The zero-order valence-electron chi connectivity index (χ0n) is 15.6. The van der Waals surface area contributed by atoms with E-state index in [1.165, 1.54) is 48.2 Å². The molecule has 11 heteroatoms. The van der Waals surface area contributed by atoms with Crippen LogP contribution in [0.3, 0.4) is 0 Å². The fraction of sp³-hybridized carbons (Fsp3) is 0.167. The van der Waals surface area contributed by atoms with E-state index in [2.05, 4.69) is 20.4 Å². The SMILES string of the molecule is CN(C)S(=O)(=O)c1ccc(CNc2ncnc3c2cnn3-c2ccc(F)cc2)s1. The Kier molecular flexibility index (Phi) is 5.03. The zero-order valence-corrected chi connectivity index (χ0v) is 17.2. The van der Waals surface area contributed by atoms with Crippen LogP contribution in [0.1, 0.15) is 4.88 Å². The molecule has 150 valence electrons. The Morgan fingerprint density at radius 2 is 1.90 bits per heavy atom. The molecule has 29 heavy (non-hydrogen) atoms. The van der Waals surface area contributed by atoms with E-state index in [0.717, 1.165) is 4.88 Å². The maximum atomic E-state index is 13.2. The molecule has 4 aromatic rings. The van der Waals surface area contributed by atoms with Crippen molar-refractivity contribution in [2.75, 3.05) is 19.4 Å². The summed E-state index contributed by atoms with van der Waals surface area (Å²) in [6.07, 6.45) is 3.06. The standard InChI is InChI=1S/C18H17FN6O2S2/c1-24(2)29(26,27)16-8-7-14(28-16)9-20-17-15-10-23-25(18(15)22-11-21-17)13-5-3-12(19)4-6-13/h3-8,10-11H,9H2,1-2H3,(H,20,21,22). The number of benzene rings is 1. The largest absolute Gasteiger partial charge is 0.364 e. The maximum absolute atomic E-state index is 13.2. The van der Waals surface area contributed by atoms with Gasteiger partial charge in [0.2, 0.25) is 0 Å². The summed E-state index contributed by atoms with van der Waals surface area (Å²) in [7, 11) is -0.439. The normalized spacial score (nSPS) is 12.0. The Hall–Kier alpha value is -2.89. The Labute approximate surface area is 170 Å². The third-order valence-corrected chi connectivity index (χ3v) is 7.61. The van der Waals surface area contributed by atoms with Gasteiger partial charge in [-0.05, 0) is 36.4 Å². The first-order valence-corrected chi connectivity index (χ1v) is 10.8. The molecular weight excluding hydrogens is 415 g/mol. The number of halogens is 1. The predicted octanol–water partition coefficient (Wildman–Crippen LogP) is 2.88. The van der Waals surface area contributed by atoms with Crippen LogP contribution in [0.5, 0.6) is 0 Å². The maximum Gasteiger partial charge on any atom is 0.252 e. The number of hydrogen-bond acceptors (Lipinski definition) is 7. The second kappa shape index (κ2) is 7.50. The van der Waals surface area contributed by atoms with Crippen LogP contribution in [0, 0.1) is 5.82 Å². The van der Waals surface area contributed by atoms with Gasteiger partial charge in [0.25, 0.3) is 10.0 Å². The molecule has 0 aliphatic heterocycles. The van der Waals surface area contributed by atoms with Gasteiger partial charge >= 0.3 is 0 Å². The molecule has 0 bridgehead atoms. The van der Waals surface area contributed by atoms with E-state index in [1.54, 1.807) is 35.1 Å². The number of anilines is 1. The van der Waals surface area contributed by atoms with E-state index < -0.39 is 10.0 Å². The summed E-state index contributed by atoms with van der Waals surface area (Å²) in [6.45, 7) is 0.404. The third kappa shape index (κ3) is 3.71. The van der Waals surface area contributed by atoms with E-state index in [1.807, 2.05) is 0 Å². The van der Waals surface area contributed by atoms with E-state index in [-0.39, 0.29) is 10.0 Å². The molecule has 0 aliphatic carbocycles. The summed E-state index contributed by atoms with van der Waals surface area (Å²) in [5.41, 5.74) is 1.26. The summed E-state index contributed by atoms with van der Waals surface area (Å²) in [4.78, 5) is 9.40. The molecule has 0 aliphatic rings. The van der Waals surface area contributed by atoms with Crippen LogP contribution in [0.25, 0.3) is 16.7 Å². The van der Waals surface area contributed by atoms with Gasteiger partial charge in [-0.1, -0.05) is 0 Å². The summed E-state index contributed by atoms with van der Waals surface area (Å²) in [5.74, 6) is 0.252. The van der Waals surface area contributed by atoms with Crippen molar-refractivity contribution in [2.24, 2.45) is 0 Å². The summed E-state index contributed by atoms with van der Waals surface area (Å²) in [6, 6.07) is 9.33. The van der Waals surface area contributed by atoms with Crippen molar-refractivity contribution in [3.8, 4) is 5.69 Å². The predicted molar refractivity (Wildman–Crippen MR) is 109 cm³/mol. The monoisotopic (exact) mass is 432 g/mol. The molecule has 0 unspecified atom stereocenters. The molecule has 0 radical (unpaired) electrons. The lowest BCUT2D eigenvalue weighted by molar-refractivity contribution is 0.523. The van der Waals surface area contributed by atoms with Crippen LogP contribution in [-0.4, -0.2) is 46.6 Å². The summed E-state index contributed by atoms with van der Waals surface area (Å²) in [5, 5.41) is 8.25. The highest BCUT2D eigenvalue weighted by Crippen LogP contribution is 2.26. The third-order valence-electron chi connectivity index (χ3n) is 4.24. The van der Waals surface area contributed by atoms with Crippen molar-refractivity contribution in [3.05, 3.63) is 59.6 Å². The molecule has 4 rings (SSSR count). The number of nitrogens with one attached hydrogen (secondary N) is 1. The molecule has 0 fully saturated rings. The van der Waals surface area contributed by atoms with Crippen molar-refractivity contribution < 1.29 is 12.8 Å². The number of fused-ring (bicyclic) bond motifs is 1. The first-order chi connectivity index (χ1) is 13.9. The van der Waals surface area contributed by atoms with Gasteiger partial charge in [0.1, 0.15) is 22.2 Å². The van der Waals surface area contributed by atoms with Gasteiger partial charge in [0, 0.05) is 19.0 Å². The fourth-order valence-electron chi connectivity index (χ4n) is 2.70. The van der Waals surface area contributed by atoms with Crippen molar-refractivity contribution in [3.63, 3.8) is 0 Å². The Morgan fingerprint density at radius 3 is 2.62 bits per heavy atom. The number of rotatable bonds is 6. The second-order valence-electron chi connectivity index (χ2n) is 6.35. The topological polar surface area (TPSA) is 93.0 Å². The highest BCUT2D eigenvalue weighted by Gasteiger charge is 2.19. The second-order valence-corrected chi connectivity index (χ2v) is 9.90. The molecule has 3 heterocycles. The molecule has 1 N–H and O–H groups in total. The first-order valence-electron chi connectivity index (χ1n) is 8.56. The lowest BCUT2D eigenvalue weighted by Crippen LogP contribution is -2.21. The van der Waals surface area contributed by atoms with Crippen LogP contribution < -0.4 is 5.32 Å². The smallest absolute Gasteiger partial charge is 0.252 e. The van der Waals surface area contributed by atoms with Crippen LogP contribution in [0.15, 0.2) is 53.1 Å². The number of sulfonamides is 1. The van der Waals surface area contributed by atoms with Gasteiger partial charge < -0.3 is 5.32 Å². The summed E-state index contributed by atoms with van der Waals surface area (Å²) >= 11 is 1.20. The number of thiophene rings is 1.